The van der Waals surface area contributed by atoms with Gasteiger partial charge in [0.25, 0.3) is 10.1 Å². The van der Waals surface area contributed by atoms with E-state index < -0.39 is 38.1 Å². The molecule has 14 heteroatoms. The number of hydrogen-bond donors (Lipinski definition) is 0. The Hall–Kier alpha value is -3.86. The SMILES string of the molecule is COCCCN1CCOc2ccc(COC3CN(S(=O)(=O)c4ccc(C)cc4)CC(COS(=O)(=O)c4ccc(C)cc4)C3c3ccc(COCCOC)cc3)cc21. The van der Waals surface area contributed by atoms with Gasteiger partial charge in [-0.2, -0.15) is 12.7 Å². The van der Waals surface area contributed by atoms with Crippen molar-refractivity contribution >= 4 is 25.8 Å². The molecule has 308 valence electrons. The first-order valence-electron chi connectivity index (χ1n) is 19.3. The van der Waals surface area contributed by atoms with E-state index >= 15 is 0 Å². The number of anilines is 1. The third-order valence-electron chi connectivity index (χ3n) is 10.4. The summed E-state index contributed by atoms with van der Waals surface area (Å²) >= 11 is 0. The summed E-state index contributed by atoms with van der Waals surface area (Å²) in [5.74, 6) is -0.245. The van der Waals surface area contributed by atoms with Crippen molar-refractivity contribution in [3.05, 3.63) is 119 Å². The van der Waals surface area contributed by atoms with Crippen LogP contribution in [0, 0.1) is 19.8 Å². The average molecular weight is 823 g/mol. The average Bonchev–Trinajstić information content (AvgIpc) is 3.21. The predicted molar refractivity (Wildman–Crippen MR) is 218 cm³/mol. The Morgan fingerprint density at radius 3 is 2.09 bits per heavy atom. The van der Waals surface area contributed by atoms with Crippen molar-refractivity contribution in [1.82, 2.24) is 4.31 Å². The minimum atomic E-state index is -4.17. The lowest BCUT2D eigenvalue weighted by molar-refractivity contribution is -0.0328. The summed E-state index contributed by atoms with van der Waals surface area (Å²) in [7, 11) is -4.86. The number of methoxy groups -OCH3 is 2. The molecule has 12 nitrogen and oxygen atoms in total. The van der Waals surface area contributed by atoms with Gasteiger partial charge in [-0.1, -0.05) is 65.7 Å². The molecule has 0 saturated carbocycles. The van der Waals surface area contributed by atoms with Gasteiger partial charge < -0.3 is 28.6 Å². The molecule has 0 N–H and O–H groups in total. The fourth-order valence-corrected chi connectivity index (χ4v) is 9.75. The smallest absolute Gasteiger partial charge is 0.296 e. The first kappa shape index (κ1) is 42.7. The zero-order valence-electron chi connectivity index (χ0n) is 33.2. The number of nitrogens with zero attached hydrogens (tertiary/aromatic N) is 2. The number of rotatable bonds is 19. The van der Waals surface area contributed by atoms with Crippen LogP contribution in [-0.2, 0) is 56.5 Å². The predicted octanol–water partition coefficient (Wildman–Crippen LogP) is 6.10. The molecule has 4 aromatic carbocycles. The quantitative estimate of drug-likeness (QED) is 0.0804. The van der Waals surface area contributed by atoms with E-state index in [4.69, 9.17) is 27.9 Å². The molecule has 6 rings (SSSR count). The summed E-state index contributed by atoms with van der Waals surface area (Å²) in [4.78, 5) is 2.46. The minimum absolute atomic E-state index is 0.0126. The van der Waals surface area contributed by atoms with Crippen LogP contribution in [0.25, 0.3) is 0 Å². The van der Waals surface area contributed by atoms with E-state index in [1.165, 1.54) is 16.4 Å². The van der Waals surface area contributed by atoms with Crippen LogP contribution in [0.15, 0.2) is 101 Å². The van der Waals surface area contributed by atoms with Gasteiger partial charge in [0.15, 0.2) is 0 Å². The summed E-state index contributed by atoms with van der Waals surface area (Å²) in [6.45, 7) is 7.87. The van der Waals surface area contributed by atoms with Gasteiger partial charge >= 0.3 is 0 Å². The summed E-state index contributed by atoms with van der Waals surface area (Å²) in [5.41, 5.74) is 5.53. The van der Waals surface area contributed by atoms with Crippen LogP contribution in [0.3, 0.4) is 0 Å². The summed E-state index contributed by atoms with van der Waals surface area (Å²) in [5, 5.41) is 0. The molecule has 0 radical (unpaired) electrons. The van der Waals surface area contributed by atoms with Gasteiger partial charge in [-0.3, -0.25) is 4.18 Å². The molecule has 0 spiro atoms. The molecule has 2 heterocycles. The van der Waals surface area contributed by atoms with Crippen molar-refractivity contribution in [2.24, 2.45) is 5.92 Å². The maximum Gasteiger partial charge on any atom is 0.296 e. The lowest BCUT2D eigenvalue weighted by Gasteiger charge is -2.43. The molecule has 0 amide bonds. The highest BCUT2D eigenvalue weighted by molar-refractivity contribution is 7.89. The number of benzene rings is 4. The Morgan fingerprint density at radius 1 is 0.737 bits per heavy atom. The zero-order valence-corrected chi connectivity index (χ0v) is 34.8. The number of hydrogen-bond acceptors (Lipinski definition) is 11. The number of fused-ring (bicyclic) bond motifs is 1. The number of ether oxygens (including phenoxy) is 5. The van der Waals surface area contributed by atoms with E-state index in [1.807, 2.05) is 50.2 Å². The van der Waals surface area contributed by atoms with E-state index in [1.54, 1.807) is 50.6 Å². The molecule has 0 bridgehead atoms. The van der Waals surface area contributed by atoms with Crippen molar-refractivity contribution in [2.45, 2.75) is 55.3 Å². The Kier molecular flexibility index (Phi) is 14.8. The van der Waals surface area contributed by atoms with Crippen LogP contribution in [0.2, 0.25) is 0 Å². The van der Waals surface area contributed by atoms with Gasteiger partial charge in [0.2, 0.25) is 10.0 Å². The maximum absolute atomic E-state index is 14.3. The maximum atomic E-state index is 14.3. The molecule has 0 aliphatic carbocycles. The highest BCUT2D eigenvalue weighted by Gasteiger charge is 2.44. The second-order valence-corrected chi connectivity index (χ2v) is 18.1. The summed E-state index contributed by atoms with van der Waals surface area (Å²) in [6, 6.07) is 27.1. The van der Waals surface area contributed by atoms with E-state index in [9.17, 15) is 16.8 Å². The molecule has 0 aromatic heterocycles. The van der Waals surface area contributed by atoms with E-state index in [-0.39, 0.29) is 36.1 Å². The van der Waals surface area contributed by atoms with Gasteiger partial charge in [-0.15, -0.1) is 0 Å². The van der Waals surface area contributed by atoms with Crippen LogP contribution in [0.1, 0.15) is 40.2 Å². The van der Waals surface area contributed by atoms with E-state index in [2.05, 4.69) is 11.0 Å². The molecule has 4 aromatic rings. The molecule has 2 aliphatic rings. The third-order valence-corrected chi connectivity index (χ3v) is 13.6. The molecule has 2 aliphatic heterocycles. The standard InChI is InChI=1S/C43H54N2O10S2/c1-32-6-15-38(16-7-32)56(46,47)45-27-37(31-55-57(48,49)39-17-8-33(2)9-18-39)43(36-13-10-34(11-14-36)29-52-25-24-51-4)42(28-45)54-30-35-12-19-41-40(26-35)44(21-23-53-41)20-5-22-50-3/h6-19,26,37,42-43H,5,20-25,27-31H2,1-4H3. The number of piperidine rings is 1. The molecule has 57 heavy (non-hydrogen) atoms. The van der Waals surface area contributed by atoms with E-state index in [0.717, 1.165) is 58.8 Å². The van der Waals surface area contributed by atoms with Gasteiger partial charge in [-0.05, 0) is 73.4 Å². The van der Waals surface area contributed by atoms with Crippen molar-refractivity contribution in [1.29, 1.82) is 0 Å². The van der Waals surface area contributed by atoms with Gasteiger partial charge in [0, 0.05) is 52.3 Å². The highest BCUT2D eigenvalue weighted by atomic mass is 32.2. The fourth-order valence-electron chi connectivity index (χ4n) is 7.28. The molecule has 1 saturated heterocycles. The van der Waals surface area contributed by atoms with Crippen molar-refractivity contribution in [2.75, 3.05) is 78.3 Å². The van der Waals surface area contributed by atoms with Crippen LogP contribution in [-0.4, -0.2) is 101 Å². The lowest BCUT2D eigenvalue weighted by atomic mass is 9.79. The van der Waals surface area contributed by atoms with Gasteiger partial charge in [0.05, 0.1) is 61.2 Å². The molecule has 3 atom stereocenters. The monoisotopic (exact) mass is 822 g/mol. The van der Waals surface area contributed by atoms with Gasteiger partial charge in [0.1, 0.15) is 12.4 Å². The Balaban J connectivity index is 1.33. The zero-order chi connectivity index (χ0) is 40.4. The second kappa shape index (κ2) is 19.7. The van der Waals surface area contributed by atoms with Crippen LogP contribution >= 0.6 is 0 Å². The first-order valence-corrected chi connectivity index (χ1v) is 22.1. The number of aryl methyl sites for hydroxylation is 2. The van der Waals surface area contributed by atoms with Crippen LogP contribution in [0.5, 0.6) is 5.75 Å². The Bertz CT molecular complexity index is 2110. The molecular formula is C43H54N2O10S2. The Morgan fingerprint density at radius 2 is 1.40 bits per heavy atom. The largest absolute Gasteiger partial charge is 0.490 e. The molecule has 1 fully saturated rings. The normalized spacial score (nSPS) is 18.9. The molecule has 3 unspecified atom stereocenters. The van der Waals surface area contributed by atoms with Crippen molar-refractivity contribution < 1.29 is 44.7 Å². The summed E-state index contributed by atoms with van der Waals surface area (Å²) in [6.07, 6.45) is 0.191. The fraction of sp³-hybridized carbons (Fsp3) is 0.442. The highest BCUT2D eigenvalue weighted by Crippen LogP contribution is 2.39. The number of sulfonamides is 1. The first-order chi connectivity index (χ1) is 27.5. The second-order valence-electron chi connectivity index (χ2n) is 14.6. The third kappa shape index (κ3) is 11.0. The topological polar surface area (TPSA) is 130 Å². The lowest BCUT2D eigenvalue weighted by Crippen LogP contribution is -2.52. The van der Waals surface area contributed by atoms with Crippen molar-refractivity contribution in [3.63, 3.8) is 0 Å². The Labute approximate surface area is 337 Å². The van der Waals surface area contributed by atoms with Crippen LogP contribution < -0.4 is 9.64 Å². The van der Waals surface area contributed by atoms with Crippen LogP contribution in [0.4, 0.5) is 5.69 Å². The molecular weight excluding hydrogens is 769 g/mol. The minimum Gasteiger partial charge on any atom is -0.490 e. The summed E-state index contributed by atoms with van der Waals surface area (Å²) < 4.78 is 91.8. The van der Waals surface area contributed by atoms with Crippen molar-refractivity contribution in [3.8, 4) is 5.75 Å². The van der Waals surface area contributed by atoms with E-state index in [0.29, 0.717) is 33.0 Å². The van der Waals surface area contributed by atoms with Gasteiger partial charge in [-0.25, -0.2) is 8.42 Å².